The van der Waals surface area contributed by atoms with Crippen LogP contribution in [-0.2, 0) is 0 Å². The van der Waals surface area contributed by atoms with E-state index in [1.165, 1.54) is 18.4 Å². The Morgan fingerprint density at radius 2 is 1.44 bits per heavy atom. The fourth-order valence-corrected chi connectivity index (χ4v) is 4.63. The van der Waals surface area contributed by atoms with Crippen LogP contribution in [0.15, 0.2) is 60.2 Å². The second-order valence-corrected chi connectivity index (χ2v) is 8.90. The Labute approximate surface area is 194 Å². The average molecular weight is 478 g/mol. The summed E-state index contributed by atoms with van der Waals surface area (Å²) in [6.45, 7) is 2.26. The van der Waals surface area contributed by atoms with E-state index in [1.807, 2.05) is 18.2 Å². The molecule has 0 atom stereocenters. The molecular weight excluding hydrogens is 454 g/mol. The molecule has 0 amide bonds. The van der Waals surface area contributed by atoms with Gasteiger partial charge in [-0.15, -0.1) is 13.2 Å². The number of allylic oxidation sites excluding steroid dienone is 6. The number of alkyl halides is 3. The molecule has 0 bridgehead atoms. The van der Waals surface area contributed by atoms with Gasteiger partial charge in [0.2, 0.25) is 0 Å². The average Bonchev–Trinajstić information content (AvgIpc) is 3.01. The van der Waals surface area contributed by atoms with E-state index in [0.717, 1.165) is 37.0 Å². The van der Waals surface area contributed by atoms with Gasteiger partial charge in [0.25, 0.3) is 0 Å². The molecule has 2 aliphatic rings. The summed E-state index contributed by atoms with van der Waals surface area (Å²) in [6, 6.07) is 4.60. The van der Waals surface area contributed by atoms with Crippen molar-refractivity contribution in [3.05, 3.63) is 83.2 Å². The van der Waals surface area contributed by atoms with E-state index in [9.17, 15) is 26.3 Å². The molecule has 4 rings (SSSR count). The number of benzene rings is 2. The Bertz CT molecular complexity index is 1130. The number of rotatable bonds is 4. The third-order valence-corrected chi connectivity index (χ3v) is 6.46. The van der Waals surface area contributed by atoms with Crippen LogP contribution in [0.1, 0.15) is 44.6 Å². The van der Waals surface area contributed by atoms with Gasteiger partial charge in [-0.2, -0.15) is 0 Å². The quantitative estimate of drug-likeness (QED) is 0.399. The highest BCUT2D eigenvalue weighted by atomic mass is 19.4. The van der Waals surface area contributed by atoms with E-state index in [-0.39, 0.29) is 5.56 Å². The SMILES string of the molecule is CC1CCC(C2=CCC=C(c3cc(F)c(-c4ccc(OC(F)(F)F)c(F)c4)c(F)c3)C=C2)CC1. The largest absolute Gasteiger partial charge is 0.573 e. The minimum Gasteiger partial charge on any atom is -0.403 e. The monoisotopic (exact) mass is 478 g/mol. The van der Waals surface area contributed by atoms with Crippen molar-refractivity contribution in [2.45, 2.75) is 45.4 Å². The molecule has 1 nitrogen and oxygen atoms in total. The number of ether oxygens (including phenoxy) is 1. The minimum atomic E-state index is -5.08. The van der Waals surface area contributed by atoms with E-state index in [2.05, 4.69) is 17.7 Å². The van der Waals surface area contributed by atoms with Crippen molar-refractivity contribution in [1.82, 2.24) is 0 Å². The van der Waals surface area contributed by atoms with Crippen molar-refractivity contribution >= 4 is 5.57 Å². The minimum absolute atomic E-state index is 0.227. The zero-order valence-corrected chi connectivity index (χ0v) is 18.6. The predicted octanol–water partition coefficient (Wildman–Crippen LogP) is 8.77. The lowest BCUT2D eigenvalue weighted by atomic mass is 9.79. The molecule has 2 aromatic rings. The van der Waals surface area contributed by atoms with Gasteiger partial charge in [0.05, 0.1) is 5.56 Å². The third kappa shape index (κ3) is 5.57. The first-order valence-electron chi connectivity index (χ1n) is 11.2. The van der Waals surface area contributed by atoms with E-state index < -0.39 is 35.1 Å². The lowest BCUT2D eigenvalue weighted by molar-refractivity contribution is -0.275. The normalized spacial score (nSPS) is 21.0. The fourth-order valence-electron chi connectivity index (χ4n) is 4.63. The van der Waals surface area contributed by atoms with Gasteiger partial charge >= 0.3 is 6.36 Å². The summed E-state index contributed by atoms with van der Waals surface area (Å²) in [4.78, 5) is 0. The van der Waals surface area contributed by atoms with Crippen LogP contribution in [0.3, 0.4) is 0 Å². The lowest BCUT2D eigenvalue weighted by Gasteiger charge is -2.27. The van der Waals surface area contributed by atoms with Gasteiger partial charge in [-0.1, -0.05) is 50.1 Å². The van der Waals surface area contributed by atoms with Gasteiger partial charge in [-0.25, -0.2) is 13.2 Å². The van der Waals surface area contributed by atoms with Crippen LogP contribution in [0.5, 0.6) is 5.75 Å². The number of hydrogen-bond acceptors (Lipinski definition) is 1. The van der Waals surface area contributed by atoms with Gasteiger partial charge in [0, 0.05) is 0 Å². The maximum atomic E-state index is 14.9. The molecule has 0 aromatic heterocycles. The van der Waals surface area contributed by atoms with Gasteiger partial charge in [-0.3, -0.25) is 0 Å². The fraction of sp³-hybridized carbons (Fsp3) is 0.333. The molecule has 1 fully saturated rings. The predicted molar refractivity (Wildman–Crippen MR) is 119 cm³/mol. The lowest BCUT2D eigenvalue weighted by Crippen LogP contribution is -2.17. The van der Waals surface area contributed by atoms with Gasteiger partial charge in [0.1, 0.15) is 11.6 Å². The zero-order valence-electron chi connectivity index (χ0n) is 18.6. The van der Waals surface area contributed by atoms with Crippen LogP contribution in [0.25, 0.3) is 16.7 Å². The highest BCUT2D eigenvalue weighted by Gasteiger charge is 2.32. The summed E-state index contributed by atoms with van der Waals surface area (Å²) >= 11 is 0. The van der Waals surface area contributed by atoms with E-state index >= 15 is 0 Å². The number of halogens is 6. The van der Waals surface area contributed by atoms with E-state index in [0.29, 0.717) is 35.6 Å². The molecule has 0 radical (unpaired) electrons. The Morgan fingerprint density at radius 1 is 0.794 bits per heavy atom. The topological polar surface area (TPSA) is 9.23 Å². The van der Waals surface area contributed by atoms with Gasteiger partial charge < -0.3 is 4.74 Å². The Hall–Kier alpha value is -2.96. The molecule has 0 unspecified atom stereocenters. The van der Waals surface area contributed by atoms with Crippen molar-refractivity contribution < 1.29 is 31.1 Å². The Morgan fingerprint density at radius 3 is 2.06 bits per heavy atom. The highest BCUT2D eigenvalue weighted by molar-refractivity contribution is 5.78. The molecule has 34 heavy (non-hydrogen) atoms. The summed E-state index contributed by atoms with van der Waals surface area (Å²) in [5.41, 5.74) is 1.50. The van der Waals surface area contributed by atoms with Crippen molar-refractivity contribution in [2.24, 2.45) is 11.8 Å². The van der Waals surface area contributed by atoms with E-state index in [4.69, 9.17) is 0 Å². The maximum absolute atomic E-state index is 14.9. The van der Waals surface area contributed by atoms with Crippen LogP contribution in [0.2, 0.25) is 0 Å². The summed E-state index contributed by atoms with van der Waals surface area (Å²) in [7, 11) is 0. The van der Waals surface area contributed by atoms with Crippen LogP contribution < -0.4 is 4.74 Å². The van der Waals surface area contributed by atoms with Crippen molar-refractivity contribution in [1.29, 1.82) is 0 Å². The molecular formula is C27H24F6O. The first-order valence-corrected chi connectivity index (χ1v) is 11.2. The second kappa shape index (κ2) is 9.72. The van der Waals surface area contributed by atoms with Crippen LogP contribution >= 0.6 is 0 Å². The van der Waals surface area contributed by atoms with Gasteiger partial charge in [0.15, 0.2) is 11.6 Å². The first-order chi connectivity index (χ1) is 16.1. The maximum Gasteiger partial charge on any atom is 0.573 e. The van der Waals surface area contributed by atoms with Crippen LogP contribution in [-0.4, -0.2) is 6.36 Å². The van der Waals surface area contributed by atoms with Crippen molar-refractivity contribution in [3.63, 3.8) is 0 Å². The summed E-state index contributed by atoms with van der Waals surface area (Å²) in [6.07, 6.45) is 8.12. The van der Waals surface area contributed by atoms with Crippen molar-refractivity contribution in [2.75, 3.05) is 0 Å². The third-order valence-electron chi connectivity index (χ3n) is 6.46. The summed E-state index contributed by atoms with van der Waals surface area (Å²) in [5.74, 6) is -3.08. The standard InChI is InChI=1S/C27H24F6O/c1-16-5-7-19(8-6-16)17-3-2-4-18(10-9-17)21-14-23(29)26(24(30)15-21)20-11-12-25(22(28)13-20)34-27(31,32)33/h3-4,9-16,19H,2,5-8H2,1H3. The molecule has 180 valence electrons. The van der Waals surface area contributed by atoms with Gasteiger partial charge in [-0.05, 0) is 77.6 Å². The molecule has 2 aliphatic carbocycles. The summed E-state index contributed by atoms with van der Waals surface area (Å²) < 4.78 is 84.5. The van der Waals surface area contributed by atoms with Crippen LogP contribution in [0.4, 0.5) is 26.3 Å². The van der Waals surface area contributed by atoms with Crippen LogP contribution in [0, 0.1) is 29.3 Å². The molecule has 0 saturated heterocycles. The molecule has 7 heteroatoms. The first kappa shape index (κ1) is 24.2. The molecule has 0 heterocycles. The van der Waals surface area contributed by atoms with Crippen molar-refractivity contribution in [3.8, 4) is 16.9 Å². The molecule has 0 spiro atoms. The zero-order chi connectivity index (χ0) is 24.5. The van der Waals surface area contributed by atoms with E-state index in [1.54, 1.807) is 0 Å². The summed E-state index contributed by atoms with van der Waals surface area (Å²) in [5, 5.41) is 0. The Kier molecular flexibility index (Phi) is 6.91. The molecule has 2 aromatic carbocycles. The second-order valence-electron chi connectivity index (χ2n) is 8.90. The highest BCUT2D eigenvalue weighted by Crippen LogP contribution is 2.37. The number of hydrogen-bond donors (Lipinski definition) is 0. The molecule has 0 aliphatic heterocycles. The molecule has 0 N–H and O–H groups in total. The smallest absolute Gasteiger partial charge is 0.403 e. The molecule has 1 saturated carbocycles. The Balaban J connectivity index is 1.56.